The molecule has 0 aliphatic carbocycles. The van der Waals surface area contributed by atoms with Gasteiger partial charge >= 0.3 is 5.97 Å². The minimum atomic E-state index is -0.848. The fraction of sp³-hybridized carbons (Fsp3) is 0.803. The lowest BCUT2D eigenvalue weighted by atomic mass is 10.0. The zero-order valence-corrected chi connectivity index (χ0v) is 44.4. The molecule has 0 saturated carbocycles. The number of aliphatic hydroxyl groups excluding tert-OH is 2. The second kappa shape index (κ2) is 56.2. The summed E-state index contributed by atoms with van der Waals surface area (Å²) in [6.07, 6.45) is 72.5. The molecular formula is C61H111NO5. The van der Waals surface area contributed by atoms with Crippen LogP contribution in [-0.4, -0.2) is 47.4 Å². The summed E-state index contributed by atoms with van der Waals surface area (Å²) in [5, 5.41) is 23.0. The summed E-state index contributed by atoms with van der Waals surface area (Å²) in [7, 11) is 0. The van der Waals surface area contributed by atoms with Crippen LogP contribution in [0.1, 0.15) is 290 Å². The van der Waals surface area contributed by atoms with Gasteiger partial charge in [0.25, 0.3) is 0 Å². The molecule has 2 unspecified atom stereocenters. The molecule has 0 aliphatic rings. The number of hydrogen-bond donors (Lipinski definition) is 3. The number of unbranched alkanes of at least 4 members (excludes halogenated alkanes) is 34. The van der Waals surface area contributed by atoms with E-state index >= 15 is 0 Å². The van der Waals surface area contributed by atoms with Crippen molar-refractivity contribution in [3.05, 3.63) is 60.8 Å². The number of aliphatic hydroxyl groups is 2. The number of nitrogens with one attached hydrogen (secondary N) is 1. The Morgan fingerprint density at radius 1 is 0.418 bits per heavy atom. The molecular weight excluding hydrogens is 827 g/mol. The van der Waals surface area contributed by atoms with Crippen molar-refractivity contribution in [1.82, 2.24) is 5.32 Å². The van der Waals surface area contributed by atoms with Crippen molar-refractivity contribution in [3.63, 3.8) is 0 Å². The zero-order valence-electron chi connectivity index (χ0n) is 44.4. The van der Waals surface area contributed by atoms with Crippen LogP contribution in [0.5, 0.6) is 0 Å². The number of ether oxygens (including phenoxy) is 1. The molecule has 390 valence electrons. The Kier molecular flexibility index (Phi) is 54.1. The Labute approximate surface area is 416 Å². The molecule has 0 bridgehead atoms. The Balaban J connectivity index is 3.46. The topological polar surface area (TPSA) is 95.9 Å². The molecule has 0 aliphatic heterocycles. The van der Waals surface area contributed by atoms with E-state index in [4.69, 9.17) is 4.74 Å². The van der Waals surface area contributed by atoms with Gasteiger partial charge in [-0.2, -0.15) is 0 Å². The number of esters is 1. The summed E-state index contributed by atoms with van der Waals surface area (Å²) in [6.45, 7) is 4.81. The van der Waals surface area contributed by atoms with Crippen LogP contribution in [0.3, 0.4) is 0 Å². The molecule has 6 nitrogen and oxygen atoms in total. The maximum absolute atomic E-state index is 12.4. The van der Waals surface area contributed by atoms with Crippen molar-refractivity contribution in [1.29, 1.82) is 0 Å². The summed E-state index contributed by atoms with van der Waals surface area (Å²) < 4.78 is 5.46. The monoisotopic (exact) mass is 938 g/mol. The van der Waals surface area contributed by atoms with Gasteiger partial charge in [-0.25, -0.2) is 0 Å². The van der Waals surface area contributed by atoms with Crippen LogP contribution in [0.4, 0.5) is 0 Å². The number of allylic oxidation sites excluding steroid dienone is 9. The number of carbonyl (C=O) groups is 2. The lowest BCUT2D eigenvalue weighted by molar-refractivity contribution is -0.143. The second-order valence-electron chi connectivity index (χ2n) is 19.6. The Morgan fingerprint density at radius 3 is 1.19 bits per heavy atom. The highest BCUT2D eigenvalue weighted by Gasteiger charge is 2.18. The first kappa shape index (κ1) is 64.6. The van der Waals surface area contributed by atoms with Gasteiger partial charge in [0.05, 0.1) is 25.4 Å². The van der Waals surface area contributed by atoms with Gasteiger partial charge in [-0.3, -0.25) is 9.59 Å². The minimum Gasteiger partial charge on any atom is -0.466 e. The van der Waals surface area contributed by atoms with Crippen LogP contribution in [0.15, 0.2) is 60.8 Å². The highest BCUT2D eigenvalue weighted by Crippen LogP contribution is 2.15. The summed E-state index contributed by atoms with van der Waals surface area (Å²) >= 11 is 0. The summed E-state index contributed by atoms with van der Waals surface area (Å²) in [5.74, 6) is -0.0837. The summed E-state index contributed by atoms with van der Waals surface area (Å²) in [6, 6.07) is -0.632. The van der Waals surface area contributed by atoms with E-state index in [2.05, 4.69) is 67.8 Å². The molecule has 0 aromatic heterocycles. The predicted octanol–water partition coefficient (Wildman–Crippen LogP) is 18.0. The molecule has 0 saturated heterocycles. The van der Waals surface area contributed by atoms with Crippen LogP contribution < -0.4 is 5.32 Å². The number of carbonyl (C=O) groups excluding carboxylic acids is 2. The maximum atomic E-state index is 12.4. The Morgan fingerprint density at radius 2 is 0.776 bits per heavy atom. The van der Waals surface area contributed by atoms with E-state index in [1.165, 1.54) is 205 Å². The van der Waals surface area contributed by atoms with Gasteiger partial charge in [-0.1, -0.05) is 248 Å². The van der Waals surface area contributed by atoms with Gasteiger partial charge in [0.15, 0.2) is 0 Å². The number of rotatable bonds is 53. The summed E-state index contributed by atoms with van der Waals surface area (Å²) in [5.41, 5.74) is 0. The largest absolute Gasteiger partial charge is 0.466 e. The van der Waals surface area contributed by atoms with E-state index in [-0.39, 0.29) is 18.5 Å². The highest BCUT2D eigenvalue weighted by molar-refractivity contribution is 5.76. The van der Waals surface area contributed by atoms with Crippen molar-refractivity contribution < 1.29 is 24.5 Å². The third kappa shape index (κ3) is 52.8. The molecule has 0 spiro atoms. The highest BCUT2D eigenvalue weighted by atomic mass is 16.5. The van der Waals surface area contributed by atoms with E-state index < -0.39 is 12.1 Å². The molecule has 0 aromatic rings. The molecule has 0 rings (SSSR count). The maximum Gasteiger partial charge on any atom is 0.305 e. The smallest absolute Gasteiger partial charge is 0.305 e. The van der Waals surface area contributed by atoms with E-state index in [0.717, 1.165) is 57.8 Å². The van der Waals surface area contributed by atoms with E-state index in [1.807, 2.05) is 6.08 Å². The van der Waals surface area contributed by atoms with Crippen LogP contribution in [0.2, 0.25) is 0 Å². The molecule has 6 heteroatoms. The normalized spacial score (nSPS) is 13.1. The SMILES string of the molecule is CCC/C=C\C/C=C\CCCCCCCC(=O)OCCCCCCCCCCC/C=C\C/C=C\CCCCCCCCCCCC(=O)NC(CO)C(O)/C=C/CCCCCCCCCCCC. The van der Waals surface area contributed by atoms with Gasteiger partial charge in [0.2, 0.25) is 5.91 Å². The quantitative estimate of drug-likeness (QED) is 0.0321. The first-order valence-corrected chi connectivity index (χ1v) is 29.1. The molecule has 0 aromatic carbocycles. The van der Waals surface area contributed by atoms with Crippen molar-refractivity contribution in [2.45, 2.75) is 302 Å². The number of amides is 1. The second-order valence-corrected chi connectivity index (χ2v) is 19.6. The molecule has 0 radical (unpaired) electrons. The minimum absolute atomic E-state index is 0.00777. The van der Waals surface area contributed by atoms with Gasteiger partial charge < -0.3 is 20.3 Å². The first-order chi connectivity index (χ1) is 33.0. The third-order valence-electron chi connectivity index (χ3n) is 13.0. The van der Waals surface area contributed by atoms with Crippen molar-refractivity contribution in [2.75, 3.05) is 13.2 Å². The predicted molar refractivity (Wildman–Crippen MR) is 292 cm³/mol. The van der Waals surface area contributed by atoms with E-state index in [9.17, 15) is 19.8 Å². The third-order valence-corrected chi connectivity index (χ3v) is 13.0. The average Bonchev–Trinajstić information content (AvgIpc) is 3.33. The first-order valence-electron chi connectivity index (χ1n) is 29.1. The van der Waals surface area contributed by atoms with Crippen LogP contribution in [0.25, 0.3) is 0 Å². The molecule has 1 amide bonds. The van der Waals surface area contributed by atoms with Gasteiger partial charge in [-0.15, -0.1) is 0 Å². The molecule has 0 heterocycles. The lowest BCUT2D eigenvalue weighted by Crippen LogP contribution is -2.45. The van der Waals surface area contributed by atoms with Crippen LogP contribution in [-0.2, 0) is 14.3 Å². The molecule has 0 fully saturated rings. The summed E-state index contributed by atoms with van der Waals surface area (Å²) in [4.78, 5) is 24.4. The molecule has 3 N–H and O–H groups in total. The van der Waals surface area contributed by atoms with Gasteiger partial charge in [-0.05, 0) is 89.9 Å². The van der Waals surface area contributed by atoms with Gasteiger partial charge in [0.1, 0.15) is 0 Å². The van der Waals surface area contributed by atoms with Crippen molar-refractivity contribution >= 4 is 11.9 Å². The van der Waals surface area contributed by atoms with Crippen molar-refractivity contribution in [3.8, 4) is 0 Å². The Hall–Kier alpha value is -2.44. The van der Waals surface area contributed by atoms with Crippen LogP contribution in [0, 0.1) is 0 Å². The molecule has 2 atom stereocenters. The standard InChI is InChI=1S/C61H111NO5/c1-3-5-7-9-11-13-15-30-35-39-43-47-51-55-61(66)67-56-52-48-44-40-36-32-29-27-25-23-21-19-17-18-20-22-24-26-28-31-34-38-42-46-50-54-60(65)62-58(57-63)59(64)53-49-45-41-37-33-16-14-12-10-8-6-4-2/h7,9,13,15,18-21,49,53,58-59,63-64H,3-6,8,10-12,14,16-17,22-48,50-52,54-57H2,1-2H3,(H,62,65)/b9-7-,15-13-,20-18-,21-19-,53-49+. The Bertz CT molecular complexity index is 1170. The molecule has 67 heavy (non-hydrogen) atoms. The van der Waals surface area contributed by atoms with E-state index in [1.54, 1.807) is 6.08 Å². The fourth-order valence-corrected chi connectivity index (χ4v) is 8.52. The average molecular weight is 939 g/mol. The van der Waals surface area contributed by atoms with Crippen molar-refractivity contribution in [2.24, 2.45) is 0 Å². The zero-order chi connectivity index (χ0) is 48.6. The van der Waals surface area contributed by atoms with Gasteiger partial charge in [0, 0.05) is 12.8 Å². The fourth-order valence-electron chi connectivity index (χ4n) is 8.52. The van der Waals surface area contributed by atoms with Crippen LogP contribution >= 0.6 is 0 Å². The number of hydrogen-bond acceptors (Lipinski definition) is 5. The van der Waals surface area contributed by atoms with E-state index in [0.29, 0.717) is 19.4 Å². The lowest BCUT2D eigenvalue weighted by Gasteiger charge is -2.20.